The average Bonchev–Trinajstić information content (AvgIpc) is 2.61. The summed E-state index contributed by atoms with van der Waals surface area (Å²) in [5.41, 5.74) is 8.27. The lowest BCUT2D eigenvalue weighted by Gasteiger charge is -2.08. The van der Waals surface area contributed by atoms with Gasteiger partial charge in [-0.3, -0.25) is 10.4 Å². The van der Waals surface area contributed by atoms with Crippen molar-refractivity contribution in [2.75, 3.05) is 5.43 Å². The predicted octanol–water partition coefficient (Wildman–Crippen LogP) is 4.62. The lowest BCUT2D eigenvalue weighted by atomic mass is 10.2. The Morgan fingerprint density at radius 3 is 2.85 bits per heavy atom. The lowest BCUT2D eigenvalue weighted by Crippen LogP contribution is -2.17. The van der Waals surface area contributed by atoms with Crippen LogP contribution in [0.2, 0.25) is 5.15 Å². The van der Waals surface area contributed by atoms with Gasteiger partial charge in [-0.15, -0.1) is 0 Å². The first-order valence-corrected chi connectivity index (χ1v) is 9.00. The monoisotopic (exact) mass is 384 g/mol. The summed E-state index contributed by atoms with van der Waals surface area (Å²) in [5.74, 6) is 0.520. The van der Waals surface area contributed by atoms with Gasteiger partial charge in [0.2, 0.25) is 0 Å². The molecule has 2 aromatic heterocycles. The van der Waals surface area contributed by atoms with Gasteiger partial charge in [0.05, 0.1) is 11.2 Å². The quantitative estimate of drug-likeness (QED) is 0.279. The number of pyridine rings is 1. The van der Waals surface area contributed by atoms with E-state index < -0.39 is 0 Å². The Morgan fingerprint density at radius 2 is 2.04 bits per heavy atom. The molecule has 3 rings (SSSR count). The highest BCUT2D eigenvalue weighted by atomic mass is 35.5. The number of hydrogen-bond acceptors (Lipinski definition) is 7. The number of anilines is 1. The zero-order valence-electron chi connectivity index (χ0n) is 14.3. The molecule has 0 saturated carbocycles. The molecular weight excluding hydrogens is 368 g/mol. The van der Waals surface area contributed by atoms with E-state index in [2.05, 4.69) is 49.7 Å². The summed E-state index contributed by atoms with van der Waals surface area (Å²) in [5, 5.41) is 5.98. The average molecular weight is 385 g/mol. The van der Waals surface area contributed by atoms with Gasteiger partial charge in [-0.1, -0.05) is 24.2 Å². The fourth-order valence-electron chi connectivity index (χ4n) is 2.10. The highest BCUT2D eigenvalue weighted by molar-refractivity contribution is 7.99. The predicted molar refractivity (Wildman–Crippen MR) is 108 cm³/mol. The normalized spacial score (nSPS) is 11.4. The van der Waals surface area contributed by atoms with E-state index in [0.717, 1.165) is 27.2 Å². The number of nitrogens with zero attached hydrogens (tertiary/aromatic N) is 4. The van der Waals surface area contributed by atoms with Crippen molar-refractivity contribution in [1.29, 1.82) is 0 Å². The maximum atomic E-state index is 6.10. The van der Waals surface area contributed by atoms with Gasteiger partial charge < -0.3 is 0 Å². The Bertz CT molecular complexity index is 989. The number of fused-ring (bicyclic) bond motifs is 1. The van der Waals surface area contributed by atoms with Gasteiger partial charge in [0.15, 0.2) is 11.0 Å². The van der Waals surface area contributed by atoms with Crippen LogP contribution in [0.15, 0.2) is 64.2 Å². The zero-order chi connectivity index (χ0) is 18.5. The molecule has 0 spiro atoms. The van der Waals surface area contributed by atoms with Crippen LogP contribution in [0.25, 0.3) is 10.9 Å². The van der Waals surface area contributed by atoms with Crippen molar-refractivity contribution >= 4 is 45.8 Å². The molecule has 2 N–H and O–H groups in total. The van der Waals surface area contributed by atoms with Crippen LogP contribution in [0.3, 0.4) is 0 Å². The number of hydrazone groups is 1. The molecule has 0 radical (unpaired) electrons. The van der Waals surface area contributed by atoms with Gasteiger partial charge in [-0.05, 0) is 56.0 Å². The second-order valence-corrected chi connectivity index (χ2v) is 6.89. The molecule has 0 atom stereocenters. The highest BCUT2D eigenvalue weighted by Gasteiger charge is 2.07. The Morgan fingerprint density at radius 1 is 1.19 bits per heavy atom. The molecule has 6 nitrogen and oxygen atoms in total. The Balaban J connectivity index is 1.79. The third kappa shape index (κ3) is 4.71. The molecule has 0 aliphatic carbocycles. The van der Waals surface area contributed by atoms with Gasteiger partial charge in [0.1, 0.15) is 5.15 Å². The summed E-state index contributed by atoms with van der Waals surface area (Å²) in [6.07, 6.45) is 1.64. The van der Waals surface area contributed by atoms with E-state index in [0.29, 0.717) is 16.1 Å². The fraction of sp³-hybridized carbons (Fsp3) is 0.111. The maximum absolute atomic E-state index is 6.10. The molecule has 0 aliphatic rings. The third-order valence-corrected chi connectivity index (χ3v) is 4.44. The SMILES string of the molecule is C=C/C(C)=N\NNc1cc(Cl)nc(Sc2ccc3nc(C)ccc3c2)n1. The van der Waals surface area contributed by atoms with E-state index in [9.17, 15) is 0 Å². The van der Waals surface area contributed by atoms with Gasteiger partial charge in [-0.2, -0.15) is 5.10 Å². The number of allylic oxidation sites excluding steroid dienone is 1. The van der Waals surface area contributed by atoms with Crippen molar-refractivity contribution in [2.45, 2.75) is 23.9 Å². The van der Waals surface area contributed by atoms with Crippen molar-refractivity contribution in [3.05, 3.63) is 59.9 Å². The first-order valence-electron chi connectivity index (χ1n) is 7.81. The van der Waals surface area contributed by atoms with Crippen molar-refractivity contribution in [3.63, 3.8) is 0 Å². The summed E-state index contributed by atoms with van der Waals surface area (Å²) in [6.45, 7) is 7.44. The Hall–Kier alpha value is -2.64. The van der Waals surface area contributed by atoms with Crippen LogP contribution in [0.5, 0.6) is 0 Å². The molecular formula is C18H17ClN6S. The van der Waals surface area contributed by atoms with Gasteiger partial charge in [0.25, 0.3) is 0 Å². The zero-order valence-corrected chi connectivity index (χ0v) is 15.9. The molecule has 0 unspecified atom stereocenters. The lowest BCUT2D eigenvalue weighted by molar-refractivity contribution is 0.848. The summed E-state index contributed by atoms with van der Waals surface area (Å²) >= 11 is 7.53. The number of hydrazine groups is 1. The van der Waals surface area contributed by atoms with Crippen LogP contribution in [0, 0.1) is 6.92 Å². The van der Waals surface area contributed by atoms with Crippen LogP contribution >= 0.6 is 23.4 Å². The molecule has 1 aromatic carbocycles. The molecule has 26 heavy (non-hydrogen) atoms. The van der Waals surface area contributed by atoms with Crippen molar-refractivity contribution < 1.29 is 0 Å². The fourth-order valence-corrected chi connectivity index (χ4v) is 3.15. The summed E-state index contributed by atoms with van der Waals surface area (Å²) < 4.78 is 0. The molecule has 0 amide bonds. The Labute approximate surface area is 160 Å². The van der Waals surface area contributed by atoms with E-state index >= 15 is 0 Å². The van der Waals surface area contributed by atoms with Gasteiger partial charge in [0, 0.05) is 22.0 Å². The van der Waals surface area contributed by atoms with Crippen LogP contribution in [-0.2, 0) is 0 Å². The van der Waals surface area contributed by atoms with E-state index in [4.69, 9.17) is 11.6 Å². The maximum Gasteiger partial charge on any atom is 0.195 e. The second-order valence-electron chi connectivity index (χ2n) is 5.46. The van der Waals surface area contributed by atoms with Gasteiger partial charge in [-0.25, -0.2) is 15.5 Å². The van der Waals surface area contributed by atoms with Crippen LogP contribution in [0.1, 0.15) is 12.6 Å². The number of benzene rings is 1. The summed E-state index contributed by atoms with van der Waals surface area (Å²) in [7, 11) is 0. The molecule has 2 heterocycles. The first kappa shape index (κ1) is 18.2. The van der Waals surface area contributed by atoms with Crippen LogP contribution < -0.4 is 11.0 Å². The van der Waals surface area contributed by atoms with Crippen molar-refractivity contribution in [3.8, 4) is 0 Å². The van der Waals surface area contributed by atoms with E-state index in [-0.39, 0.29) is 0 Å². The first-order chi connectivity index (χ1) is 12.5. The molecule has 132 valence electrons. The molecule has 0 bridgehead atoms. The van der Waals surface area contributed by atoms with Crippen molar-refractivity contribution in [1.82, 2.24) is 20.5 Å². The number of hydrogen-bond donors (Lipinski definition) is 2. The molecule has 0 aliphatic heterocycles. The summed E-state index contributed by atoms with van der Waals surface area (Å²) in [4.78, 5) is 14.2. The minimum atomic E-state index is 0.342. The van der Waals surface area contributed by atoms with Gasteiger partial charge >= 0.3 is 0 Å². The number of nitrogens with one attached hydrogen (secondary N) is 2. The van der Waals surface area contributed by atoms with Crippen LogP contribution in [-0.4, -0.2) is 20.7 Å². The number of rotatable bonds is 6. The Kier molecular flexibility index (Phi) is 5.70. The van der Waals surface area contributed by atoms with Crippen LogP contribution in [0.4, 0.5) is 5.82 Å². The smallest absolute Gasteiger partial charge is 0.195 e. The highest BCUT2D eigenvalue weighted by Crippen LogP contribution is 2.29. The molecule has 0 saturated heterocycles. The molecule has 0 fully saturated rings. The number of aromatic nitrogens is 3. The third-order valence-electron chi connectivity index (χ3n) is 3.40. The molecule has 8 heteroatoms. The van der Waals surface area contributed by atoms with Crippen molar-refractivity contribution in [2.24, 2.45) is 5.10 Å². The standard InChI is InChI=1S/C18H17ClN6S/c1-4-11(2)23-25-24-17-10-16(19)21-18(22-17)26-14-7-8-15-13(9-14)6-5-12(3)20-15/h4-10,25H,1H2,2-3H3,(H,21,22,24)/b23-11-. The van der Waals surface area contributed by atoms with E-state index in [1.165, 1.54) is 11.8 Å². The van der Waals surface area contributed by atoms with E-state index in [1.54, 1.807) is 12.1 Å². The minimum Gasteiger partial charge on any atom is -0.268 e. The number of halogens is 1. The summed E-state index contributed by atoms with van der Waals surface area (Å²) in [6, 6.07) is 11.7. The topological polar surface area (TPSA) is 75.1 Å². The minimum absolute atomic E-state index is 0.342. The second kappa shape index (κ2) is 8.16. The molecule has 3 aromatic rings. The van der Waals surface area contributed by atoms with E-state index in [1.807, 2.05) is 32.0 Å². The largest absolute Gasteiger partial charge is 0.268 e. The number of aryl methyl sites for hydroxylation is 1.